The van der Waals surface area contributed by atoms with Gasteiger partial charge in [-0.15, -0.1) is 0 Å². The Balaban J connectivity index is 1.69. The summed E-state index contributed by atoms with van der Waals surface area (Å²) in [6.45, 7) is 4.06. The van der Waals surface area contributed by atoms with Gasteiger partial charge in [0.25, 0.3) is 0 Å². The van der Waals surface area contributed by atoms with E-state index in [1.807, 2.05) is 79.2 Å². The first-order valence-electron chi connectivity index (χ1n) is 9.92. The second-order valence-corrected chi connectivity index (χ2v) is 7.58. The topological polar surface area (TPSA) is 68.5 Å². The lowest BCUT2D eigenvalue weighted by Gasteiger charge is -2.10. The van der Waals surface area contributed by atoms with Gasteiger partial charge in [-0.1, -0.05) is 38.1 Å². The number of hydrogen-bond acceptors (Lipinski definition) is 4. The van der Waals surface area contributed by atoms with Crippen molar-refractivity contribution < 1.29 is 9.53 Å². The third-order valence-corrected chi connectivity index (χ3v) is 4.84. The van der Waals surface area contributed by atoms with E-state index < -0.39 is 0 Å². The number of hydrogen-bond donors (Lipinski definition) is 1. The lowest BCUT2D eigenvalue weighted by Crippen LogP contribution is -2.13. The molecule has 0 fully saturated rings. The van der Waals surface area contributed by atoms with Crippen LogP contribution in [-0.4, -0.2) is 27.6 Å². The van der Waals surface area contributed by atoms with Crippen LogP contribution in [0.3, 0.4) is 0 Å². The van der Waals surface area contributed by atoms with Crippen LogP contribution < -0.4 is 10.1 Å². The van der Waals surface area contributed by atoms with Crippen molar-refractivity contribution in [3.05, 3.63) is 67.0 Å². The molecule has 2 aromatic heterocycles. The summed E-state index contributed by atoms with van der Waals surface area (Å²) in [4.78, 5) is 16.7. The third kappa shape index (κ3) is 4.03. The Morgan fingerprint density at radius 1 is 1.10 bits per heavy atom. The van der Waals surface area contributed by atoms with E-state index in [-0.39, 0.29) is 5.91 Å². The molecule has 0 aliphatic rings. The van der Waals surface area contributed by atoms with Crippen LogP contribution >= 0.6 is 0 Å². The highest BCUT2D eigenvalue weighted by Gasteiger charge is 2.13. The molecule has 4 rings (SSSR count). The molecular formula is C24H24N4O2. The Labute approximate surface area is 175 Å². The zero-order valence-electron chi connectivity index (χ0n) is 17.3. The Morgan fingerprint density at radius 2 is 1.90 bits per heavy atom. The molecule has 1 amide bonds. The summed E-state index contributed by atoms with van der Waals surface area (Å²) >= 11 is 0. The predicted molar refractivity (Wildman–Crippen MR) is 118 cm³/mol. The van der Waals surface area contributed by atoms with E-state index >= 15 is 0 Å². The first kappa shape index (κ1) is 19.6. The van der Waals surface area contributed by atoms with E-state index in [2.05, 4.69) is 15.4 Å². The van der Waals surface area contributed by atoms with E-state index in [1.54, 1.807) is 13.3 Å². The third-order valence-electron chi connectivity index (χ3n) is 4.84. The molecule has 0 atom stereocenters. The molecule has 0 unspecified atom stereocenters. The molecule has 2 aromatic carbocycles. The molecule has 0 saturated heterocycles. The van der Waals surface area contributed by atoms with Crippen molar-refractivity contribution in [2.45, 2.75) is 20.3 Å². The minimum atomic E-state index is 0.0166. The van der Waals surface area contributed by atoms with Crippen LogP contribution in [0.5, 0.6) is 5.75 Å². The summed E-state index contributed by atoms with van der Waals surface area (Å²) in [7, 11) is 1.65. The fraction of sp³-hybridized carbons (Fsp3) is 0.208. The number of aromatic nitrogens is 3. The quantitative estimate of drug-likeness (QED) is 0.491. The van der Waals surface area contributed by atoms with Crippen LogP contribution in [0.15, 0.2) is 67.0 Å². The number of carbonyl (C=O) groups is 1. The highest BCUT2D eigenvalue weighted by atomic mass is 16.5. The fourth-order valence-electron chi connectivity index (χ4n) is 3.42. The van der Waals surface area contributed by atoms with Crippen molar-refractivity contribution >= 4 is 17.2 Å². The maximum atomic E-state index is 12.1. The molecular weight excluding hydrogens is 376 g/mol. The average Bonchev–Trinajstić information content (AvgIpc) is 3.17. The van der Waals surface area contributed by atoms with Crippen molar-refractivity contribution in [2.24, 2.45) is 5.92 Å². The van der Waals surface area contributed by atoms with E-state index in [1.165, 1.54) is 0 Å². The van der Waals surface area contributed by atoms with Crippen molar-refractivity contribution in [2.75, 3.05) is 12.4 Å². The zero-order valence-corrected chi connectivity index (χ0v) is 17.3. The van der Waals surface area contributed by atoms with E-state index in [4.69, 9.17) is 4.74 Å². The van der Waals surface area contributed by atoms with E-state index in [0.717, 1.165) is 39.5 Å². The number of amides is 1. The van der Waals surface area contributed by atoms with Gasteiger partial charge in [-0.2, -0.15) is 5.10 Å². The van der Waals surface area contributed by atoms with Gasteiger partial charge in [0.1, 0.15) is 5.75 Å². The molecule has 0 saturated carbocycles. The minimum absolute atomic E-state index is 0.0166. The molecule has 2 heterocycles. The largest absolute Gasteiger partial charge is 0.497 e. The summed E-state index contributed by atoms with van der Waals surface area (Å²) in [5.74, 6) is 1.14. The van der Waals surface area contributed by atoms with Gasteiger partial charge in [-0.3, -0.25) is 4.79 Å². The number of nitrogens with one attached hydrogen (secondary N) is 1. The van der Waals surface area contributed by atoms with Gasteiger partial charge in [0.05, 0.1) is 19.0 Å². The van der Waals surface area contributed by atoms with Crippen LogP contribution in [0.1, 0.15) is 20.3 Å². The van der Waals surface area contributed by atoms with Gasteiger partial charge in [-0.05, 0) is 41.8 Å². The van der Waals surface area contributed by atoms with E-state index in [0.29, 0.717) is 12.3 Å². The Bertz CT molecular complexity index is 1180. The smallest absolute Gasteiger partial charge is 0.224 e. The monoisotopic (exact) mass is 400 g/mol. The van der Waals surface area contributed by atoms with Crippen molar-refractivity contribution in [3.63, 3.8) is 0 Å². The zero-order chi connectivity index (χ0) is 21.1. The molecule has 0 aliphatic carbocycles. The summed E-state index contributed by atoms with van der Waals surface area (Å²) in [5.41, 5.74) is 5.36. The number of rotatable bonds is 6. The van der Waals surface area contributed by atoms with Gasteiger partial charge < -0.3 is 10.1 Å². The lowest BCUT2D eigenvalue weighted by molar-refractivity contribution is -0.116. The average molecular weight is 400 g/mol. The summed E-state index contributed by atoms with van der Waals surface area (Å²) in [6, 6.07) is 17.5. The Hall–Kier alpha value is -3.67. The van der Waals surface area contributed by atoms with Gasteiger partial charge in [-0.25, -0.2) is 9.50 Å². The highest BCUT2D eigenvalue weighted by molar-refractivity contribution is 5.91. The molecule has 152 valence electrons. The molecule has 1 N–H and O–H groups in total. The molecule has 4 aromatic rings. The number of ether oxygens (including phenoxy) is 1. The Morgan fingerprint density at radius 3 is 2.63 bits per heavy atom. The van der Waals surface area contributed by atoms with E-state index in [9.17, 15) is 4.79 Å². The standard InChI is InChI=1S/C24H24N4O2/c1-16(2)13-23(29)27-19-6-4-5-18(14-19)22-11-12-25-24-21(15-26-28(22)24)17-7-9-20(30-3)10-8-17/h4-12,14-16H,13H2,1-3H3,(H,27,29). The number of nitrogens with zero attached hydrogens (tertiary/aromatic N) is 3. The second kappa shape index (κ2) is 8.37. The highest BCUT2D eigenvalue weighted by Crippen LogP contribution is 2.29. The van der Waals surface area contributed by atoms with Gasteiger partial charge >= 0.3 is 0 Å². The second-order valence-electron chi connectivity index (χ2n) is 7.58. The van der Waals surface area contributed by atoms with Crippen molar-refractivity contribution in [1.29, 1.82) is 0 Å². The molecule has 0 spiro atoms. The predicted octanol–water partition coefficient (Wildman–Crippen LogP) is 5.06. The van der Waals surface area contributed by atoms with Crippen LogP contribution in [0.4, 0.5) is 5.69 Å². The number of anilines is 1. The summed E-state index contributed by atoms with van der Waals surface area (Å²) in [6.07, 6.45) is 4.10. The maximum absolute atomic E-state index is 12.1. The maximum Gasteiger partial charge on any atom is 0.224 e. The molecule has 0 aliphatic heterocycles. The SMILES string of the molecule is COc1ccc(-c2cnn3c(-c4cccc(NC(=O)CC(C)C)c4)ccnc23)cc1. The molecule has 0 bridgehead atoms. The number of carbonyl (C=O) groups excluding carboxylic acids is 1. The summed E-state index contributed by atoms with van der Waals surface area (Å²) < 4.78 is 7.07. The number of benzene rings is 2. The van der Waals surface area contributed by atoms with Crippen LogP contribution in [0, 0.1) is 5.92 Å². The normalized spacial score (nSPS) is 11.1. The molecule has 6 heteroatoms. The molecule has 0 radical (unpaired) electrons. The van der Waals surface area contributed by atoms with Crippen LogP contribution in [0.2, 0.25) is 0 Å². The fourth-order valence-corrected chi connectivity index (χ4v) is 3.42. The molecule has 30 heavy (non-hydrogen) atoms. The minimum Gasteiger partial charge on any atom is -0.497 e. The van der Waals surface area contributed by atoms with Gasteiger partial charge in [0.15, 0.2) is 5.65 Å². The van der Waals surface area contributed by atoms with Crippen molar-refractivity contribution in [1.82, 2.24) is 14.6 Å². The van der Waals surface area contributed by atoms with Gasteiger partial charge in [0.2, 0.25) is 5.91 Å². The first-order valence-corrected chi connectivity index (χ1v) is 9.92. The van der Waals surface area contributed by atoms with Crippen molar-refractivity contribution in [3.8, 4) is 28.1 Å². The number of fused-ring (bicyclic) bond motifs is 1. The molecule has 6 nitrogen and oxygen atoms in total. The Kier molecular flexibility index (Phi) is 5.48. The van der Waals surface area contributed by atoms with Crippen LogP contribution in [0.25, 0.3) is 28.0 Å². The number of methoxy groups -OCH3 is 1. The van der Waals surface area contributed by atoms with Gasteiger partial charge in [0, 0.05) is 29.4 Å². The lowest BCUT2D eigenvalue weighted by atomic mass is 10.1. The van der Waals surface area contributed by atoms with Crippen LogP contribution in [-0.2, 0) is 4.79 Å². The summed E-state index contributed by atoms with van der Waals surface area (Å²) in [5, 5.41) is 7.56. The first-order chi connectivity index (χ1) is 14.5.